The topological polar surface area (TPSA) is 55.4 Å². The predicted octanol–water partition coefficient (Wildman–Crippen LogP) is 4.55. The molecule has 3 rings (SSSR count). The quantitative estimate of drug-likeness (QED) is 0.591. The maximum atomic E-state index is 6.10. The molecule has 0 saturated carbocycles. The van der Waals surface area contributed by atoms with E-state index < -0.39 is 6.29 Å². The Labute approximate surface area is 163 Å². The summed E-state index contributed by atoms with van der Waals surface area (Å²) in [4.78, 5) is 0. The van der Waals surface area contributed by atoms with Gasteiger partial charge in [0.05, 0.1) is 23.2 Å². The fourth-order valence-corrected chi connectivity index (χ4v) is 3.80. The summed E-state index contributed by atoms with van der Waals surface area (Å²) in [6.45, 7) is 1.45. The molecule has 6 nitrogen and oxygen atoms in total. The lowest BCUT2D eigenvalue weighted by Gasteiger charge is -2.28. The third-order valence-electron chi connectivity index (χ3n) is 4.56. The molecule has 26 heavy (non-hydrogen) atoms. The van der Waals surface area contributed by atoms with Crippen molar-refractivity contribution in [3.8, 4) is 11.5 Å². The fraction of sp³-hybridized carbons (Fsp3) is 0.684. The van der Waals surface area contributed by atoms with Gasteiger partial charge in [-0.25, -0.2) is 0 Å². The molecule has 2 heterocycles. The number of halogens is 1. The van der Waals surface area contributed by atoms with Crippen LogP contribution >= 0.6 is 15.9 Å². The van der Waals surface area contributed by atoms with Crippen LogP contribution < -0.4 is 9.47 Å². The van der Waals surface area contributed by atoms with E-state index in [1.54, 1.807) is 14.2 Å². The number of benzene rings is 1. The number of methoxy groups -OCH3 is 2. The van der Waals surface area contributed by atoms with Crippen molar-refractivity contribution in [2.24, 2.45) is 0 Å². The normalized spacial score (nSPS) is 23.8. The van der Waals surface area contributed by atoms with E-state index in [2.05, 4.69) is 15.9 Å². The number of ether oxygens (including phenoxy) is 6. The van der Waals surface area contributed by atoms with E-state index >= 15 is 0 Å². The number of hydrogen-bond donors (Lipinski definition) is 0. The third kappa shape index (κ3) is 4.89. The minimum Gasteiger partial charge on any atom is -0.464 e. The summed E-state index contributed by atoms with van der Waals surface area (Å²) in [7, 11) is 3.19. The summed E-state index contributed by atoms with van der Waals surface area (Å²) < 4.78 is 35.2. The van der Waals surface area contributed by atoms with Crippen LogP contribution in [0.3, 0.4) is 0 Å². The van der Waals surface area contributed by atoms with Crippen LogP contribution in [-0.2, 0) is 18.9 Å². The second kappa shape index (κ2) is 9.90. The Kier molecular flexibility index (Phi) is 7.57. The lowest BCUT2D eigenvalue weighted by molar-refractivity contribution is -0.122. The van der Waals surface area contributed by atoms with Crippen LogP contribution in [0.1, 0.15) is 50.4 Å². The highest BCUT2D eigenvalue weighted by molar-refractivity contribution is 9.10. The van der Waals surface area contributed by atoms with Gasteiger partial charge in [-0.05, 0) is 53.7 Å². The molecular formula is C19H27BrO6. The molecule has 0 N–H and O–H groups in total. The average Bonchev–Trinajstić information content (AvgIpc) is 2.68. The van der Waals surface area contributed by atoms with E-state index in [0.717, 1.165) is 61.8 Å². The lowest BCUT2D eigenvalue weighted by Crippen LogP contribution is -2.26. The van der Waals surface area contributed by atoms with Crippen LogP contribution in [-0.4, -0.2) is 40.0 Å². The highest BCUT2D eigenvalue weighted by atomic mass is 79.9. The fourth-order valence-electron chi connectivity index (χ4n) is 3.19. The van der Waals surface area contributed by atoms with Crippen molar-refractivity contribution in [3.05, 3.63) is 22.2 Å². The summed E-state index contributed by atoms with van der Waals surface area (Å²) in [6.07, 6.45) is 5.04. The molecular weight excluding hydrogens is 404 g/mol. The van der Waals surface area contributed by atoms with Crippen molar-refractivity contribution >= 4 is 15.9 Å². The first-order valence-electron chi connectivity index (χ1n) is 9.17. The molecule has 2 saturated heterocycles. The minimum absolute atomic E-state index is 0.232. The molecule has 2 aliphatic heterocycles. The second-order valence-corrected chi connectivity index (χ2v) is 7.21. The van der Waals surface area contributed by atoms with Crippen LogP contribution in [0.4, 0.5) is 0 Å². The SMILES string of the molecule is COC(OC)c1c(OC2CCCCO2)ccc(OC2CCCCO2)c1Br. The van der Waals surface area contributed by atoms with E-state index in [4.69, 9.17) is 28.4 Å². The van der Waals surface area contributed by atoms with Crippen LogP contribution in [0.5, 0.6) is 11.5 Å². The van der Waals surface area contributed by atoms with Gasteiger partial charge in [0, 0.05) is 27.1 Å². The van der Waals surface area contributed by atoms with Gasteiger partial charge in [-0.15, -0.1) is 0 Å². The minimum atomic E-state index is -0.584. The zero-order valence-electron chi connectivity index (χ0n) is 15.4. The molecule has 7 heteroatoms. The van der Waals surface area contributed by atoms with Crippen molar-refractivity contribution in [1.29, 1.82) is 0 Å². The second-order valence-electron chi connectivity index (χ2n) is 6.42. The van der Waals surface area contributed by atoms with E-state index in [1.165, 1.54) is 0 Å². The van der Waals surface area contributed by atoms with Gasteiger partial charge >= 0.3 is 0 Å². The Morgan fingerprint density at radius 2 is 1.42 bits per heavy atom. The number of hydrogen-bond acceptors (Lipinski definition) is 6. The van der Waals surface area contributed by atoms with Gasteiger partial charge in [0.25, 0.3) is 0 Å². The summed E-state index contributed by atoms with van der Waals surface area (Å²) in [5, 5.41) is 0. The monoisotopic (exact) mass is 430 g/mol. The Hall–Kier alpha value is -0.860. The summed E-state index contributed by atoms with van der Waals surface area (Å²) in [6, 6.07) is 3.76. The van der Waals surface area contributed by atoms with Gasteiger partial charge in [-0.1, -0.05) is 0 Å². The molecule has 146 valence electrons. The molecule has 0 aliphatic carbocycles. The van der Waals surface area contributed by atoms with Crippen LogP contribution in [0.2, 0.25) is 0 Å². The lowest BCUT2D eigenvalue weighted by atomic mass is 10.1. The molecule has 0 spiro atoms. The highest BCUT2D eigenvalue weighted by Gasteiger charge is 2.26. The molecule has 1 aromatic rings. The summed E-state index contributed by atoms with van der Waals surface area (Å²) in [5.74, 6) is 1.34. The van der Waals surface area contributed by atoms with E-state index in [0.29, 0.717) is 11.5 Å². The molecule has 2 unspecified atom stereocenters. The molecule has 0 bridgehead atoms. The van der Waals surface area contributed by atoms with Crippen molar-refractivity contribution in [3.63, 3.8) is 0 Å². The summed E-state index contributed by atoms with van der Waals surface area (Å²) in [5.41, 5.74) is 0.748. The van der Waals surface area contributed by atoms with Crippen molar-refractivity contribution in [2.75, 3.05) is 27.4 Å². The molecule has 2 atom stereocenters. The summed E-state index contributed by atoms with van der Waals surface area (Å²) >= 11 is 3.64. The molecule has 0 amide bonds. The van der Waals surface area contributed by atoms with Gasteiger partial charge < -0.3 is 28.4 Å². The maximum Gasteiger partial charge on any atom is 0.199 e. The highest BCUT2D eigenvalue weighted by Crippen LogP contribution is 2.42. The van der Waals surface area contributed by atoms with Gasteiger partial charge in [-0.2, -0.15) is 0 Å². The Morgan fingerprint density at radius 1 is 0.885 bits per heavy atom. The largest absolute Gasteiger partial charge is 0.464 e. The van der Waals surface area contributed by atoms with Gasteiger partial charge in [0.2, 0.25) is 0 Å². The molecule has 0 aromatic heterocycles. The predicted molar refractivity (Wildman–Crippen MR) is 99.3 cm³/mol. The van der Waals surface area contributed by atoms with Crippen molar-refractivity contribution in [1.82, 2.24) is 0 Å². The molecule has 0 radical (unpaired) electrons. The van der Waals surface area contributed by atoms with Crippen LogP contribution in [0.15, 0.2) is 16.6 Å². The van der Waals surface area contributed by atoms with Crippen molar-refractivity contribution in [2.45, 2.75) is 57.4 Å². The average molecular weight is 431 g/mol. The first kappa shape index (κ1) is 19.9. The molecule has 1 aromatic carbocycles. The maximum absolute atomic E-state index is 6.10. The third-order valence-corrected chi connectivity index (χ3v) is 5.38. The Balaban J connectivity index is 1.84. The Bertz CT molecular complexity index is 565. The van der Waals surface area contributed by atoms with E-state index in [9.17, 15) is 0 Å². The molecule has 2 aliphatic rings. The Morgan fingerprint density at radius 3 is 1.92 bits per heavy atom. The van der Waals surface area contributed by atoms with E-state index in [1.807, 2.05) is 12.1 Å². The number of rotatable bonds is 7. The van der Waals surface area contributed by atoms with E-state index in [-0.39, 0.29) is 12.6 Å². The van der Waals surface area contributed by atoms with Gasteiger partial charge in [-0.3, -0.25) is 0 Å². The van der Waals surface area contributed by atoms with Crippen molar-refractivity contribution < 1.29 is 28.4 Å². The van der Waals surface area contributed by atoms with Crippen LogP contribution in [0.25, 0.3) is 0 Å². The first-order chi connectivity index (χ1) is 12.7. The zero-order chi connectivity index (χ0) is 18.4. The van der Waals surface area contributed by atoms with Gasteiger partial charge in [0.15, 0.2) is 18.9 Å². The van der Waals surface area contributed by atoms with Crippen LogP contribution in [0, 0.1) is 0 Å². The van der Waals surface area contributed by atoms with Gasteiger partial charge in [0.1, 0.15) is 11.5 Å². The zero-order valence-corrected chi connectivity index (χ0v) is 17.0. The molecule has 2 fully saturated rings. The standard InChI is InChI=1S/C19H27BrO6/c1-21-19(22-2)17-13(25-15-7-3-5-11-23-15)9-10-14(18(17)20)26-16-8-4-6-12-24-16/h9-10,15-16,19H,3-8,11-12H2,1-2H3. The first-order valence-corrected chi connectivity index (χ1v) is 9.96. The smallest absolute Gasteiger partial charge is 0.199 e.